The number of hydrogen-bond acceptors (Lipinski definition) is 9. The van der Waals surface area contributed by atoms with E-state index in [0.717, 1.165) is 97.3 Å². The number of carbonyl (C=O) groups is 3. The number of nitrogens with one attached hydrogen (secondary N) is 3. The Balaban J connectivity index is 0.972. The lowest BCUT2D eigenvalue weighted by atomic mass is 9.91. The Labute approximate surface area is 354 Å². The summed E-state index contributed by atoms with van der Waals surface area (Å²) in [5.41, 5.74) is 8.16. The van der Waals surface area contributed by atoms with Crippen LogP contribution in [0.4, 0.5) is 9.59 Å². The molecule has 0 spiro atoms. The van der Waals surface area contributed by atoms with Crippen molar-refractivity contribution < 1.29 is 33.3 Å². The summed E-state index contributed by atoms with van der Waals surface area (Å²) in [6, 6.07) is 19.9. The van der Waals surface area contributed by atoms with Gasteiger partial charge in [-0.2, -0.15) is 0 Å². The molecule has 6 aromatic rings. The van der Waals surface area contributed by atoms with Gasteiger partial charge in [-0.05, 0) is 110 Å². The van der Waals surface area contributed by atoms with Crippen LogP contribution >= 0.6 is 0 Å². The molecule has 3 N–H and O–H groups in total. The molecule has 2 unspecified atom stereocenters. The minimum atomic E-state index is -0.694. The maximum Gasteiger partial charge on any atom is 0.410 e. The molecular formula is C47H53N7O7. The van der Waals surface area contributed by atoms with Crippen LogP contribution in [0.2, 0.25) is 0 Å². The zero-order chi connectivity index (χ0) is 42.7. The van der Waals surface area contributed by atoms with E-state index in [2.05, 4.69) is 63.8 Å². The van der Waals surface area contributed by atoms with Crippen LogP contribution in [0.1, 0.15) is 83.2 Å². The van der Waals surface area contributed by atoms with E-state index < -0.39 is 17.7 Å². The minimum absolute atomic E-state index is 0.110. The number of hydrogen-bond donors (Lipinski definition) is 3. The molecule has 0 bridgehead atoms. The van der Waals surface area contributed by atoms with Crippen molar-refractivity contribution in [3.05, 3.63) is 77.9 Å². The van der Waals surface area contributed by atoms with E-state index in [1.165, 1.54) is 7.11 Å². The van der Waals surface area contributed by atoms with Crippen molar-refractivity contribution in [3.63, 3.8) is 0 Å². The number of likely N-dealkylation sites (tertiary alicyclic amines) is 2. The van der Waals surface area contributed by atoms with Crippen molar-refractivity contribution >= 4 is 50.9 Å². The first kappa shape index (κ1) is 40.3. The first-order valence-electron chi connectivity index (χ1n) is 21.1. The molecule has 2 aromatic heterocycles. The number of ether oxygens (including phenoxy) is 4. The predicted molar refractivity (Wildman–Crippen MR) is 232 cm³/mol. The number of aromatic amines is 2. The van der Waals surface area contributed by atoms with Gasteiger partial charge < -0.3 is 39.1 Å². The van der Waals surface area contributed by atoms with Crippen LogP contribution in [0.5, 0.6) is 5.75 Å². The molecule has 5 heterocycles. The molecule has 61 heavy (non-hydrogen) atoms. The lowest BCUT2D eigenvalue weighted by Gasteiger charge is -2.29. The number of alkyl carbamates (subject to hydrolysis) is 1. The molecule has 4 aromatic carbocycles. The maximum absolute atomic E-state index is 13.7. The fraction of sp³-hybridized carbons (Fsp3) is 0.426. The molecule has 14 nitrogen and oxygen atoms in total. The molecule has 0 aliphatic carbocycles. The molecule has 2 saturated heterocycles. The van der Waals surface area contributed by atoms with Crippen LogP contribution in [-0.2, 0) is 25.6 Å². The summed E-state index contributed by atoms with van der Waals surface area (Å²) in [4.78, 5) is 59.7. The van der Waals surface area contributed by atoms with Gasteiger partial charge in [-0.1, -0.05) is 38.1 Å². The lowest BCUT2D eigenvalue weighted by Crippen LogP contribution is -2.51. The van der Waals surface area contributed by atoms with E-state index >= 15 is 0 Å². The van der Waals surface area contributed by atoms with E-state index in [1.54, 1.807) is 12.0 Å². The number of H-pyrrole nitrogens is 2. The summed E-state index contributed by atoms with van der Waals surface area (Å²) in [6.07, 6.45) is 1.37. The van der Waals surface area contributed by atoms with E-state index in [-0.39, 0.29) is 35.9 Å². The van der Waals surface area contributed by atoms with E-state index in [0.29, 0.717) is 26.3 Å². The molecule has 3 amide bonds. The Kier molecular flexibility index (Phi) is 10.4. The molecule has 4 atom stereocenters. The van der Waals surface area contributed by atoms with Gasteiger partial charge in [0.2, 0.25) is 5.91 Å². The number of carbonyl (C=O) groups excluding carboxylic acids is 3. The second-order valence-corrected chi connectivity index (χ2v) is 17.9. The minimum Gasteiger partial charge on any atom is -0.488 e. The Bertz CT molecular complexity index is 2680. The molecular weight excluding hydrogens is 775 g/mol. The van der Waals surface area contributed by atoms with Gasteiger partial charge in [0.15, 0.2) is 0 Å². The third-order valence-corrected chi connectivity index (χ3v) is 12.2. The fourth-order valence-electron chi connectivity index (χ4n) is 9.27. The Morgan fingerprint density at radius 1 is 0.902 bits per heavy atom. The largest absolute Gasteiger partial charge is 0.488 e. The molecule has 0 radical (unpaired) electrons. The van der Waals surface area contributed by atoms with Gasteiger partial charge in [0.25, 0.3) is 0 Å². The molecule has 3 aliphatic rings. The van der Waals surface area contributed by atoms with E-state index in [1.807, 2.05) is 51.7 Å². The van der Waals surface area contributed by atoms with E-state index in [9.17, 15) is 14.4 Å². The zero-order valence-corrected chi connectivity index (χ0v) is 35.8. The van der Waals surface area contributed by atoms with Crippen LogP contribution in [0.15, 0.2) is 60.7 Å². The summed E-state index contributed by atoms with van der Waals surface area (Å²) in [6.45, 7) is 11.6. The van der Waals surface area contributed by atoms with E-state index in [4.69, 9.17) is 28.9 Å². The van der Waals surface area contributed by atoms with Crippen LogP contribution < -0.4 is 10.1 Å². The monoisotopic (exact) mass is 827 g/mol. The van der Waals surface area contributed by atoms with Crippen LogP contribution in [0.25, 0.3) is 55.1 Å². The number of amides is 3. The van der Waals surface area contributed by atoms with Crippen LogP contribution in [0, 0.1) is 11.8 Å². The van der Waals surface area contributed by atoms with Crippen LogP contribution in [0.3, 0.4) is 0 Å². The summed E-state index contributed by atoms with van der Waals surface area (Å²) in [5, 5.41) is 4.77. The van der Waals surface area contributed by atoms with Gasteiger partial charge in [0, 0.05) is 37.1 Å². The average Bonchev–Trinajstić information content (AvgIpc) is 4.06. The maximum atomic E-state index is 13.7. The van der Waals surface area contributed by atoms with Gasteiger partial charge in [0.05, 0.1) is 47.9 Å². The molecule has 2 fully saturated rings. The molecule has 0 saturated carbocycles. The van der Waals surface area contributed by atoms with Crippen molar-refractivity contribution in [2.45, 2.75) is 84.2 Å². The first-order valence-corrected chi connectivity index (χ1v) is 21.1. The van der Waals surface area contributed by atoms with Crippen molar-refractivity contribution in [3.8, 4) is 28.0 Å². The Morgan fingerprint density at radius 2 is 1.66 bits per heavy atom. The Hall–Kier alpha value is -6.15. The van der Waals surface area contributed by atoms with Gasteiger partial charge in [0.1, 0.15) is 35.6 Å². The third kappa shape index (κ3) is 7.62. The van der Waals surface area contributed by atoms with Gasteiger partial charge in [-0.25, -0.2) is 19.6 Å². The number of rotatable bonds is 8. The van der Waals surface area contributed by atoms with Crippen molar-refractivity contribution in [2.75, 3.05) is 33.9 Å². The highest BCUT2D eigenvalue weighted by atomic mass is 16.6. The molecule has 9 rings (SSSR count). The van der Waals surface area contributed by atoms with Crippen molar-refractivity contribution in [2.24, 2.45) is 11.8 Å². The van der Waals surface area contributed by atoms with Crippen molar-refractivity contribution in [1.82, 2.24) is 35.1 Å². The average molecular weight is 828 g/mol. The molecule has 3 aliphatic heterocycles. The third-order valence-electron chi connectivity index (χ3n) is 12.2. The highest BCUT2D eigenvalue weighted by Crippen LogP contribution is 2.44. The Morgan fingerprint density at radius 3 is 2.43 bits per heavy atom. The smallest absolute Gasteiger partial charge is 0.410 e. The summed E-state index contributed by atoms with van der Waals surface area (Å²) in [5.74, 6) is 2.20. The standard InChI is InChI=1S/C47H53N7O7/c1-25(2)40(52-45(56)59-7)44(55)53-16-8-9-37(53)42-48-34-14-11-28(20-36(34)50-42)27-10-13-31-30(18-27)24-60-39-21-32-29(19-33(31)39)12-15-35-41(32)51-43(49-35)38-17-26(23-58-6)22-54(38)46(57)61-47(3,4)5/h10-15,18-21,25-26,37-38,40H,8-9,16-17,22-24H2,1-7H3,(H,48,50)(H,49,51)(H,52,56)/t26?,37-,38?,40-/m0/s1. The number of aromatic nitrogens is 4. The topological polar surface area (TPSA) is 164 Å². The molecule has 318 valence electrons. The molecule has 14 heteroatoms. The second-order valence-electron chi connectivity index (χ2n) is 17.9. The highest BCUT2D eigenvalue weighted by Gasteiger charge is 2.41. The highest BCUT2D eigenvalue weighted by molar-refractivity contribution is 6.07. The van der Waals surface area contributed by atoms with Gasteiger partial charge in [-0.3, -0.25) is 9.69 Å². The normalized spacial score (nSPS) is 19.3. The second kappa shape index (κ2) is 15.7. The van der Waals surface area contributed by atoms with Gasteiger partial charge >= 0.3 is 12.2 Å². The number of imidazole rings is 2. The first-order chi connectivity index (χ1) is 29.3. The summed E-state index contributed by atoms with van der Waals surface area (Å²) in [7, 11) is 2.98. The lowest BCUT2D eigenvalue weighted by molar-refractivity contribution is -0.135. The SMILES string of the molecule is COCC1CC(c2nc3ccc4cc5c(cc4c3[nH]2)OCc2cc(-c3ccc4nc([C@@H]6CCCN6C(=O)[C@@H](NC(=O)OC)C(C)C)[nH]c4c3)ccc2-5)N(C(=O)OC(C)(C)C)C1. The van der Waals surface area contributed by atoms with Gasteiger partial charge in [-0.15, -0.1) is 0 Å². The fourth-order valence-corrected chi connectivity index (χ4v) is 9.27. The summed E-state index contributed by atoms with van der Waals surface area (Å²) < 4.78 is 22.5. The number of nitrogens with zero attached hydrogens (tertiary/aromatic N) is 4. The number of fused-ring (bicyclic) bond motifs is 7. The summed E-state index contributed by atoms with van der Waals surface area (Å²) >= 11 is 0. The van der Waals surface area contributed by atoms with Crippen molar-refractivity contribution in [1.29, 1.82) is 0 Å². The quantitative estimate of drug-likeness (QED) is 0.136. The predicted octanol–water partition coefficient (Wildman–Crippen LogP) is 8.81. The zero-order valence-electron chi connectivity index (χ0n) is 35.8. The van der Waals surface area contributed by atoms with Crippen LogP contribution in [-0.4, -0.2) is 93.4 Å². The number of benzene rings is 4. The number of methoxy groups -OCH3 is 2.